The lowest BCUT2D eigenvalue weighted by Crippen LogP contribution is -2.02. The molecule has 0 amide bonds. The van der Waals surface area contributed by atoms with Gasteiger partial charge in [-0.2, -0.15) is 10.4 Å². The Kier molecular flexibility index (Phi) is 4.76. The van der Waals surface area contributed by atoms with E-state index in [2.05, 4.69) is 21.0 Å². The fourth-order valence-electron chi connectivity index (χ4n) is 3.69. The van der Waals surface area contributed by atoms with Gasteiger partial charge in [-0.1, -0.05) is 36.4 Å². The zero-order valence-corrected chi connectivity index (χ0v) is 16.8. The molecular weight excluding hydrogens is 405 g/mol. The lowest BCUT2D eigenvalue weighted by Gasteiger charge is -2.12. The Morgan fingerprint density at radius 3 is 2.66 bits per heavy atom. The van der Waals surface area contributed by atoms with Gasteiger partial charge in [0.2, 0.25) is 0 Å². The van der Waals surface area contributed by atoms with E-state index < -0.39 is 0 Å². The molecular formula is C24H16FN7. The molecule has 5 aromatic rings. The van der Waals surface area contributed by atoms with Crippen molar-refractivity contribution in [1.82, 2.24) is 24.7 Å². The second kappa shape index (κ2) is 7.89. The van der Waals surface area contributed by atoms with E-state index in [1.54, 1.807) is 53.5 Å². The van der Waals surface area contributed by atoms with Crippen LogP contribution < -0.4 is 5.73 Å². The highest BCUT2D eigenvalue weighted by Gasteiger charge is 2.21. The molecule has 0 radical (unpaired) electrons. The molecule has 0 bridgehead atoms. The molecule has 2 N–H and O–H groups in total. The number of nitriles is 1. The van der Waals surface area contributed by atoms with Crippen LogP contribution in [0.4, 0.5) is 10.2 Å². The molecule has 32 heavy (non-hydrogen) atoms. The summed E-state index contributed by atoms with van der Waals surface area (Å²) in [5.41, 5.74) is 10.2. The van der Waals surface area contributed by atoms with Gasteiger partial charge in [-0.25, -0.2) is 19.3 Å². The molecule has 154 valence electrons. The number of nitrogens with zero attached hydrogens (tertiary/aromatic N) is 6. The van der Waals surface area contributed by atoms with Gasteiger partial charge >= 0.3 is 0 Å². The molecule has 2 aromatic carbocycles. The number of nitrogens with two attached hydrogens (primary N) is 1. The van der Waals surface area contributed by atoms with E-state index in [0.717, 1.165) is 0 Å². The molecule has 0 saturated carbocycles. The van der Waals surface area contributed by atoms with Gasteiger partial charge < -0.3 is 5.73 Å². The third-order valence-corrected chi connectivity index (χ3v) is 5.17. The van der Waals surface area contributed by atoms with E-state index in [0.29, 0.717) is 44.5 Å². The topological polar surface area (TPSA) is 106 Å². The van der Waals surface area contributed by atoms with Crippen molar-refractivity contribution in [3.8, 4) is 28.6 Å². The summed E-state index contributed by atoms with van der Waals surface area (Å²) in [5, 5.41) is 15.0. The van der Waals surface area contributed by atoms with Crippen LogP contribution in [0.3, 0.4) is 0 Å². The first-order chi connectivity index (χ1) is 15.7. The van der Waals surface area contributed by atoms with Gasteiger partial charge in [-0.05, 0) is 18.2 Å². The highest BCUT2D eigenvalue weighted by Crippen LogP contribution is 2.38. The molecule has 8 heteroatoms. The summed E-state index contributed by atoms with van der Waals surface area (Å²) >= 11 is 0. The van der Waals surface area contributed by atoms with E-state index in [1.807, 2.05) is 12.1 Å². The number of hydrogen-bond acceptors (Lipinski definition) is 6. The zero-order chi connectivity index (χ0) is 22.1. The molecule has 0 aliphatic carbocycles. The molecule has 7 nitrogen and oxygen atoms in total. The Labute approximate surface area is 182 Å². The number of pyridine rings is 1. The Morgan fingerprint density at radius 2 is 1.88 bits per heavy atom. The summed E-state index contributed by atoms with van der Waals surface area (Å²) in [4.78, 5) is 13.0. The second-order valence-electron chi connectivity index (χ2n) is 7.15. The number of aromatic nitrogens is 5. The minimum atomic E-state index is -0.308. The van der Waals surface area contributed by atoms with Crippen LogP contribution in [-0.2, 0) is 6.54 Å². The van der Waals surface area contributed by atoms with Crippen molar-refractivity contribution in [2.24, 2.45) is 0 Å². The van der Waals surface area contributed by atoms with Crippen LogP contribution >= 0.6 is 0 Å². The highest BCUT2D eigenvalue weighted by atomic mass is 19.1. The van der Waals surface area contributed by atoms with Gasteiger partial charge in [0.15, 0.2) is 0 Å². The van der Waals surface area contributed by atoms with Crippen molar-refractivity contribution in [3.05, 3.63) is 90.3 Å². The number of rotatable bonds is 4. The van der Waals surface area contributed by atoms with E-state index in [-0.39, 0.29) is 18.2 Å². The number of benzene rings is 2. The molecule has 3 aromatic heterocycles. The van der Waals surface area contributed by atoms with Crippen LogP contribution in [0.1, 0.15) is 11.1 Å². The summed E-state index contributed by atoms with van der Waals surface area (Å²) < 4.78 is 15.8. The molecule has 0 aliphatic rings. The maximum absolute atomic E-state index is 14.2. The fraction of sp³-hybridized carbons (Fsp3) is 0.0417. The second-order valence-corrected chi connectivity index (χ2v) is 7.15. The molecule has 0 spiro atoms. The van der Waals surface area contributed by atoms with E-state index in [1.165, 1.54) is 12.4 Å². The normalized spacial score (nSPS) is 10.9. The van der Waals surface area contributed by atoms with Gasteiger partial charge in [-0.15, -0.1) is 0 Å². The van der Waals surface area contributed by atoms with Crippen molar-refractivity contribution in [2.75, 3.05) is 5.73 Å². The van der Waals surface area contributed by atoms with Crippen molar-refractivity contribution in [3.63, 3.8) is 0 Å². The lowest BCUT2D eigenvalue weighted by molar-refractivity contribution is 0.587. The first-order valence-corrected chi connectivity index (χ1v) is 9.81. The molecule has 0 saturated heterocycles. The molecule has 0 aliphatic heterocycles. The van der Waals surface area contributed by atoms with E-state index >= 15 is 0 Å². The average Bonchev–Trinajstić information content (AvgIpc) is 3.25. The van der Waals surface area contributed by atoms with Gasteiger partial charge in [0.05, 0.1) is 40.5 Å². The Morgan fingerprint density at radius 1 is 1.06 bits per heavy atom. The van der Waals surface area contributed by atoms with Crippen LogP contribution in [-0.4, -0.2) is 24.7 Å². The van der Waals surface area contributed by atoms with Gasteiger partial charge in [0, 0.05) is 23.5 Å². The minimum Gasteiger partial charge on any atom is -0.383 e. The molecule has 0 unspecified atom stereocenters. The Bertz CT molecular complexity index is 1490. The first-order valence-electron chi connectivity index (χ1n) is 9.81. The van der Waals surface area contributed by atoms with E-state index in [4.69, 9.17) is 10.8 Å². The summed E-state index contributed by atoms with van der Waals surface area (Å²) in [6.07, 6.45) is 4.81. The highest BCUT2D eigenvalue weighted by molar-refractivity contribution is 6.04. The van der Waals surface area contributed by atoms with Gasteiger partial charge in [-0.3, -0.25) is 4.68 Å². The largest absolute Gasteiger partial charge is 0.383 e. The van der Waals surface area contributed by atoms with Crippen molar-refractivity contribution < 1.29 is 4.39 Å². The minimum absolute atomic E-state index is 0.230. The maximum Gasteiger partial charge on any atom is 0.135 e. The van der Waals surface area contributed by atoms with Crippen molar-refractivity contribution in [2.45, 2.75) is 6.54 Å². The summed E-state index contributed by atoms with van der Waals surface area (Å²) in [5.74, 6) is -0.0434. The number of anilines is 1. The molecule has 3 heterocycles. The smallest absolute Gasteiger partial charge is 0.135 e. The lowest BCUT2D eigenvalue weighted by atomic mass is 9.97. The monoisotopic (exact) mass is 421 g/mol. The average molecular weight is 421 g/mol. The van der Waals surface area contributed by atoms with Crippen molar-refractivity contribution >= 4 is 16.7 Å². The van der Waals surface area contributed by atoms with Crippen LogP contribution in [0.5, 0.6) is 0 Å². The predicted octanol–water partition coefficient (Wildman–Crippen LogP) is 4.20. The zero-order valence-electron chi connectivity index (χ0n) is 16.8. The number of hydrogen-bond donors (Lipinski definition) is 1. The van der Waals surface area contributed by atoms with Gasteiger partial charge in [0.25, 0.3) is 0 Å². The van der Waals surface area contributed by atoms with Crippen molar-refractivity contribution in [1.29, 1.82) is 5.26 Å². The van der Waals surface area contributed by atoms with E-state index in [9.17, 15) is 9.65 Å². The fourth-order valence-corrected chi connectivity index (χ4v) is 3.69. The number of nitrogen functional groups attached to an aromatic ring is 1. The third kappa shape index (κ3) is 3.32. The van der Waals surface area contributed by atoms with Crippen LogP contribution in [0, 0.1) is 17.1 Å². The number of fused-ring (bicyclic) bond motifs is 1. The summed E-state index contributed by atoms with van der Waals surface area (Å²) in [7, 11) is 0. The standard InChI is InChI=1S/C24H16FN7/c25-19-8-4-2-6-16(19)12-32-13-18-23(31-32)21(20-9-10-28-14-29-20)22(30-24(18)27)17-7-3-1-5-15(17)11-26/h1-10,13-14H,12H2,(H2,27,30). The first kappa shape index (κ1) is 19.3. The van der Waals surface area contributed by atoms with Crippen LogP contribution in [0.2, 0.25) is 0 Å². The molecule has 5 rings (SSSR count). The quantitative estimate of drug-likeness (QED) is 0.466. The number of halogens is 1. The van der Waals surface area contributed by atoms with Crippen LogP contribution in [0.15, 0.2) is 73.3 Å². The Balaban J connectivity index is 1.78. The summed E-state index contributed by atoms with van der Waals surface area (Å²) in [6.45, 7) is 0.230. The molecule has 0 fully saturated rings. The summed E-state index contributed by atoms with van der Waals surface area (Å²) in [6, 6.07) is 17.7. The maximum atomic E-state index is 14.2. The Hall–Kier alpha value is -4.64. The third-order valence-electron chi connectivity index (χ3n) is 5.17. The predicted molar refractivity (Wildman–Crippen MR) is 119 cm³/mol. The van der Waals surface area contributed by atoms with Gasteiger partial charge in [0.1, 0.15) is 23.5 Å². The molecule has 0 atom stereocenters. The van der Waals surface area contributed by atoms with Crippen LogP contribution in [0.25, 0.3) is 33.4 Å². The SMILES string of the molecule is N#Cc1ccccc1-c1nc(N)c2cn(Cc3ccccc3F)nc2c1-c1ccncn1.